The number of rotatable bonds is 6. The molecular formula is C17H20Cl2N4OS. The number of halogens is 2. The lowest BCUT2D eigenvalue weighted by Gasteiger charge is -2.18. The summed E-state index contributed by atoms with van der Waals surface area (Å²) in [7, 11) is 1.96. The van der Waals surface area contributed by atoms with E-state index in [0.29, 0.717) is 16.0 Å². The highest BCUT2D eigenvalue weighted by Gasteiger charge is 2.30. The van der Waals surface area contributed by atoms with E-state index >= 15 is 0 Å². The van der Waals surface area contributed by atoms with Gasteiger partial charge >= 0.3 is 0 Å². The molecule has 8 heteroatoms. The molecule has 1 saturated carbocycles. The van der Waals surface area contributed by atoms with Gasteiger partial charge in [-0.25, -0.2) is 0 Å². The molecule has 0 aliphatic heterocycles. The van der Waals surface area contributed by atoms with Crippen molar-refractivity contribution >= 4 is 40.9 Å². The summed E-state index contributed by atoms with van der Waals surface area (Å²) in [6.45, 7) is 3.76. The Labute approximate surface area is 161 Å². The van der Waals surface area contributed by atoms with Gasteiger partial charge in [-0.1, -0.05) is 41.0 Å². The lowest BCUT2D eigenvalue weighted by molar-refractivity contribution is -0.120. The topological polar surface area (TPSA) is 59.8 Å². The molecule has 3 rings (SSSR count). The molecule has 5 nitrogen and oxygen atoms in total. The zero-order chi connectivity index (χ0) is 18.1. The van der Waals surface area contributed by atoms with Gasteiger partial charge in [0.25, 0.3) is 0 Å². The summed E-state index contributed by atoms with van der Waals surface area (Å²) in [6, 6.07) is 5.07. The molecule has 2 atom stereocenters. The molecule has 2 aromatic rings. The molecule has 0 unspecified atom stereocenters. The maximum atomic E-state index is 12.5. The van der Waals surface area contributed by atoms with E-state index in [4.69, 9.17) is 23.2 Å². The molecule has 1 amide bonds. The second kappa shape index (κ2) is 7.56. The standard InChI is InChI=1S/C17H20Cl2N4OS/c1-9(13-7-6-12(18)8-14(13)19)20-16(24)10(2)25-17-22-21-15(23(17)3)11-4-5-11/h6-11H,4-5H2,1-3H3,(H,20,24)/t9-,10+/m1/s1. The summed E-state index contributed by atoms with van der Waals surface area (Å²) in [5, 5.41) is 13.1. The van der Waals surface area contributed by atoms with E-state index in [-0.39, 0.29) is 17.2 Å². The third kappa shape index (κ3) is 4.30. The number of nitrogens with one attached hydrogen (secondary N) is 1. The summed E-state index contributed by atoms with van der Waals surface area (Å²) in [4.78, 5) is 12.5. The number of amides is 1. The van der Waals surface area contributed by atoms with E-state index in [9.17, 15) is 4.79 Å². The Kier molecular flexibility index (Phi) is 5.61. The first-order valence-corrected chi connectivity index (χ1v) is 9.81. The van der Waals surface area contributed by atoms with E-state index in [1.54, 1.807) is 12.1 Å². The van der Waals surface area contributed by atoms with Crippen LogP contribution in [0.25, 0.3) is 0 Å². The van der Waals surface area contributed by atoms with Gasteiger partial charge in [-0.2, -0.15) is 0 Å². The molecule has 0 spiro atoms. The van der Waals surface area contributed by atoms with Crippen LogP contribution in [0.1, 0.15) is 50.0 Å². The maximum absolute atomic E-state index is 12.5. The summed E-state index contributed by atoms with van der Waals surface area (Å²) < 4.78 is 1.99. The van der Waals surface area contributed by atoms with Gasteiger partial charge in [-0.3, -0.25) is 4.79 Å². The van der Waals surface area contributed by atoms with Crippen molar-refractivity contribution in [3.05, 3.63) is 39.6 Å². The SMILES string of the molecule is C[C@H](Sc1nnc(C2CC2)n1C)C(=O)N[C@H](C)c1ccc(Cl)cc1Cl. The van der Waals surface area contributed by atoms with Crippen molar-refractivity contribution in [3.8, 4) is 0 Å². The summed E-state index contributed by atoms with van der Waals surface area (Å²) in [5.41, 5.74) is 0.839. The van der Waals surface area contributed by atoms with Gasteiger partial charge in [0.2, 0.25) is 5.91 Å². The molecule has 1 N–H and O–H groups in total. The first-order valence-electron chi connectivity index (χ1n) is 8.18. The average molecular weight is 399 g/mol. The number of aromatic nitrogens is 3. The fourth-order valence-corrected chi connectivity index (χ4v) is 4.00. The largest absolute Gasteiger partial charge is 0.349 e. The molecule has 0 bridgehead atoms. The highest BCUT2D eigenvalue weighted by atomic mass is 35.5. The van der Waals surface area contributed by atoms with Crippen molar-refractivity contribution in [2.24, 2.45) is 7.05 Å². The molecule has 1 heterocycles. The molecule has 0 radical (unpaired) electrons. The van der Waals surface area contributed by atoms with Crippen LogP contribution in [-0.4, -0.2) is 25.9 Å². The Hall–Kier alpha value is -1.24. The highest BCUT2D eigenvalue weighted by molar-refractivity contribution is 8.00. The van der Waals surface area contributed by atoms with Crippen molar-refractivity contribution in [2.75, 3.05) is 0 Å². The van der Waals surface area contributed by atoms with E-state index in [2.05, 4.69) is 15.5 Å². The summed E-state index contributed by atoms with van der Waals surface area (Å²) in [6.07, 6.45) is 2.35. The van der Waals surface area contributed by atoms with Crippen molar-refractivity contribution in [1.82, 2.24) is 20.1 Å². The average Bonchev–Trinajstić information content (AvgIpc) is 3.32. The number of carbonyl (C=O) groups is 1. The first kappa shape index (κ1) is 18.5. The van der Waals surface area contributed by atoms with Crippen molar-refractivity contribution in [1.29, 1.82) is 0 Å². The van der Waals surface area contributed by atoms with Crippen molar-refractivity contribution in [2.45, 2.75) is 49.1 Å². The molecule has 1 fully saturated rings. The van der Waals surface area contributed by atoms with Gasteiger partial charge < -0.3 is 9.88 Å². The number of hydrogen-bond acceptors (Lipinski definition) is 4. The Balaban J connectivity index is 1.62. The third-order valence-corrected chi connectivity index (χ3v) is 5.95. The second-order valence-electron chi connectivity index (χ2n) is 6.33. The van der Waals surface area contributed by atoms with Gasteiger partial charge in [-0.15, -0.1) is 10.2 Å². The lowest BCUT2D eigenvalue weighted by Crippen LogP contribution is -2.33. The number of carbonyl (C=O) groups excluding carboxylic acids is 1. The minimum atomic E-state index is -0.288. The first-order chi connectivity index (χ1) is 11.9. The fraction of sp³-hybridized carbons (Fsp3) is 0.471. The normalized spacial score (nSPS) is 16.5. The zero-order valence-electron chi connectivity index (χ0n) is 14.3. The molecule has 1 aliphatic carbocycles. The minimum Gasteiger partial charge on any atom is -0.349 e. The molecule has 1 aromatic heterocycles. The van der Waals surface area contributed by atoms with Crippen LogP contribution in [0.2, 0.25) is 10.0 Å². The van der Waals surface area contributed by atoms with Crippen LogP contribution in [0.3, 0.4) is 0 Å². The van der Waals surface area contributed by atoms with Crippen LogP contribution in [0.15, 0.2) is 23.4 Å². The van der Waals surface area contributed by atoms with Crippen LogP contribution >= 0.6 is 35.0 Å². The van der Waals surface area contributed by atoms with Crippen LogP contribution in [0, 0.1) is 0 Å². The van der Waals surface area contributed by atoms with Gasteiger partial charge in [-0.05, 0) is 44.4 Å². The number of nitrogens with zero attached hydrogens (tertiary/aromatic N) is 3. The number of hydrogen-bond donors (Lipinski definition) is 1. The molecule has 25 heavy (non-hydrogen) atoms. The third-order valence-electron chi connectivity index (χ3n) is 4.25. The zero-order valence-corrected chi connectivity index (χ0v) is 16.6. The predicted molar refractivity (Wildman–Crippen MR) is 101 cm³/mol. The van der Waals surface area contributed by atoms with E-state index in [1.807, 2.05) is 31.5 Å². The molecule has 134 valence electrons. The van der Waals surface area contributed by atoms with Gasteiger partial charge in [0.1, 0.15) is 5.82 Å². The highest BCUT2D eigenvalue weighted by Crippen LogP contribution is 2.39. The van der Waals surface area contributed by atoms with Crippen molar-refractivity contribution in [3.63, 3.8) is 0 Å². The van der Waals surface area contributed by atoms with E-state index in [0.717, 1.165) is 16.5 Å². The van der Waals surface area contributed by atoms with Crippen LogP contribution in [0.5, 0.6) is 0 Å². The number of thioether (sulfide) groups is 1. The van der Waals surface area contributed by atoms with Crippen LogP contribution in [0.4, 0.5) is 0 Å². The van der Waals surface area contributed by atoms with E-state index < -0.39 is 0 Å². The second-order valence-corrected chi connectivity index (χ2v) is 8.48. The van der Waals surface area contributed by atoms with Crippen molar-refractivity contribution < 1.29 is 4.79 Å². The molecule has 1 aliphatic rings. The minimum absolute atomic E-state index is 0.0699. The van der Waals surface area contributed by atoms with Gasteiger partial charge in [0.15, 0.2) is 5.16 Å². The van der Waals surface area contributed by atoms with Crippen LogP contribution < -0.4 is 5.32 Å². The Morgan fingerprint density at radius 2 is 2.04 bits per heavy atom. The Bertz CT molecular complexity index is 791. The maximum Gasteiger partial charge on any atom is 0.233 e. The Morgan fingerprint density at radius 1 is 1.32 bits per heavy atom. The monoisotopic (exact) mass is 398 g/mol. The molecule has 1 aromatic carbocycles. The van der Waals surface area contributed by atoms with E-state index in [1.165, 1.54) is 24.6 Å². The lowest BCUT2D eigenvalue weighted by atomic mass is 10.1. The smallest absolute Gasteiger partial charge is 0.233 e. The van der Waals surface area contributed by atoms with Gasteiger partial charge in [0, 0.05) is 23.0 Å². The summed E-state index contributed by atoms with van der Waals surface area (Å²) >= 11 is 13.5. The number of benzene rings is 1. The molecule has 0 saturated heterocycles. The quantitative estimate of drug-likeness (QED) is 0.734. The predicted octanol–water partition coefficient (Wildman–Crippen LogP) is 4.36. The fourth-order valence-electron chi connectivity index (χ4n) is 2.60. The van der Waals surface area contributed by atoms with Crippen LogP contribution in [-0.2, 0) is 11.8 Å². The Morgan fingerprint density at radius 3 is 2.68 bits per heavy atom. The summed E-state index contributed by atoms with van der Waals surface area (Å²) in [5.74, 6) is 1.47. The molecular weight excluding hydrogens is 379 g/mol. The van der Waals surface area contributed by atoms with Gasteiger partial charge in [0.05, 0.1) is 11.3 Å².